The first-order valence-electron chi connectivity index (χ1n) is 8.67. The van der Waals surface area contributed by atoms with E-state index in [9.17, 15) is 14.9 Å². The van der Waals surface area contributed by atoms with E-state index < -0.39 is 11.9 Å². The minimum Gasteiger partial charge on any atom is -0.480 e. The highest BCUT2D eigenvalue weighted by Gasteiger charge is 2.18. The van der Waals surface area contributed by atoms with Crippen LogP contribution in [0.5, 0.6) is 0 Å². The molecule has 0 aliphatic rings. The van der Waals surface area contributed by atoms with Crippen LogP contribution in [0.25, 0.3) is 17.0 Å². The molecule has 0 unspecified atom stereocenters. The first kappa shape index (κ1) is 18.9. The number of aliphatic carboxylic acids is 1. The normalized spacial score (nSPS) is 11.2. The van der Waals surface area contributed by atoms with Crippen molar-refractivity contribution in [3.05, 3.63) is 71.4 Å². The second-order valence-corrected chi connectivity index (χ2v) is 6.50. The molecule has 0 radical (unpaired) electrons. The summed E-state index contributed by atoms with van der Waals surface area (Å²) >= 11 is 0. The average molecular weight is 373 g/mol. The van der Waals surface area contributed by atoms with Gasteiger partial charge in [-0.05, 0) is 37.3 Å². The fourth-order valence-corrected chi connectivity index (χ4v) is 3.08. The van der Waals surface area contributed by atoms with Crippen molar-refractivity contribution in [3.63, 3.8) is 0 Å². The molecule has 0 saturated heterocycles. The molecule has 3 aromatic rings. The van der Waals surface area contributed by atoms with Gasteiger partial charge in [0, 0.05) is 35.4 Å². The molecular weight excluding hydrogens is 354 g/mol. The molecule has 1 N–H and O–H groups in total. The van der Waals surface area contributed by atoms with Gasteiger partial charge in [-0.1, -0.05) is 29.8 Å². The number of benzene rings is 2. The lowest BCUT2D eigenvalue weighted by molar-refractivity contribution is -0.137. The van der Waals surface area contributed by atoms with Crippen molar-refractivity contribution in [2.45, 2.75) is 13.5 Å². The number of nitrogens with zero attached hydrogens (tertiary/aromatic N) is 3. The number of rotatable bonds is 5. The van der Waals surface area contributed by atoms with Gasteiger partial charge in [-0.3, -0.25) is 9.59 Å². The summed E-state index contributed by atoms with van der Waals surface area (Å²) in [5.41, 5.74) is 3.02. The second kappa shape index (κ2) is 7.80. The second-order valence-electron chi connectivity index (χ2n) is 6.50. The van der Waals surface area contributed by atoms with Crippen LogP contribution < -0.4 is 4.90 Å². The first-order valence-corrected chi connectivity index (χ1v) is 8.67. The zero-order valence-corrected chi connectivity index (χ0v) is 15.6. The Hall–Kier alpha value is -3.85. The largest absolute Gasteiger partial charge is 0.480 e. The Bertz CT molecular complexity index is 1120. The summed E-state index contributed by atoms with van der Waals surface area (Å²) in [5.74, 6) is -1.39. The average Bonchev–Trinajstić information content (AvgIpc) is 3.01. The molecule has 3 rings (SSSR count). The summed E-state index contributed by atoms with van der Waals surface area (Å²) in [6, 6.07) is 16.7. The Morgan fingerprint density at radius 3 is 2.57 bits per heavy atom. The number of fused-ring (bicyclic) bond motifs is 1. The van der Waals surface area contributed by atoms with Crippen molar-refractivity contribution in [3.8, 4) is 6.07 Å². The van der Waals surface area contributed by atoms with Crippen LogP contribution in [0.2, 0.25) is 0 Å². The van der Waals surface area contributed by atoms with Gasteiger partial charge < -0.3 is 14.6 Å². The van der Waals surface area contributed by atoms with Crippen molar-refractivity contribution >= 4 is 34.5 Å². The molecule has 6 heteroatoms. The lowest BCUT2D eigenvalue weighted by atomic mass is 10.1. The smallest absolute Gasteiger partial charge is 0.323 e. The number of para-hydroxylation sites is 1. The molecule has 1 aromatic heterocycles. The zero-order chi connectivity index (χ0) is 20.3. The van der Waals surface area contributed by atoms with E-state index in [4.69, 9.17) is 5.11 Å². The van der Waals surface area contributed by atoms with Gasteiger partial charge >= 0.3 is 5.97 Å². The van der Waals surface area contributed by atoms with Gasteiger partial charge in [-0.2, -0.15) is 5.26 Å². The number of nitriles is 1. The molecule has 0 fully saturated rings. The molecule has 0 atom stereocenters. The van der Waals surface area contributed by atoms with E-state index in [2.05, 4.69) is 0 Å². The number of carboxylic acid groups (broad SMARTS) is 1. The van der Waals surface area contributed by atoms with Crippen LogP contribution in [0.4, 0.5) is 5.69 Å². The van der Waals surface area contributed by atoms with Crippen LogP contribution in [-0.2, 0) is 16.1 Å². The van der Waals surface area contributed by atoms with Crippen LogP contribution in [-0.4, -0.2) is 28.6 Å². The van der Waals surface area contributed by atoms with Crippen LogP contribution in [0.1, 0.15) is 11.1 Å². The summed E-state index contributed by atoms with van der Waals surface area (Å²) in [6.07, 6.45) is 3.17. The van der Waals surface area contributed by atoms with Gasteiger partial charge in [-0.25, -0.2) is 0 Å². The Morgan fingerprint density at radius 2 is 1.93 bits per heavy atom. The van der Waals surface area contributed by atoms with Gasteiger partial charge in [-0.15, -0.1) is 0 Å². The number of aromatic nitrogens is 1. The fraction of sp³-hybridized carbons (Fsp3) is 0.136. The molecule has 0 aliphatic heterocycles. The number of amides is 1. The van der Waals surface area contributed by atoms with Crippen molar-refractivity contribution < 1.29 is 14.7 Å². The Kier molecular flexibility index (Phi) is 5.28. The van der Waals surface area contributed by atoms with Crippen LogP contribution in [0.15, 0.2) is 60.3 Å². The molecular formula is C22H19N3O3. The lowest BCUT2D eigenvalue weighted by Crippen LogP contribution is -2.27. The molecule has 140 valence electrons. The minimum absolute atomic E-state index is 0.0257. The van der Waals surface area contributed by atoms with Gasteiger partial charge in [0.1, 0.15) is 18.2 Å². The standard InChI is InChI=1S/C22H19N3O3/c1-15-8-9-20-19(10-15)17(13-25(20)14-21(26)27)11-16(12-23)22(28)24(2)18-6-4-3-5-7-18/h3-11,13H,14H2,1-2H3,(H,26,27)/b16-11+. The Balaban J connectivity index is 2.06. The van der Waals surface area contributed by atoms with Crippen LogP contribution in [0.3, 0.4) is 0 Å². The van der Waals surface area contributed by atoms with Crippen molar-refractivity contribution in [1.29, 1.82) is 5.26 Å². The summed E-state index contributed by atoms with van der Waals surface area (Å²) in [7, 11) is 1.61. The molecule has 2 aromatic carbocycles. The van der Waals surface area contributed by atoms with E-state index in [0.717, 1.165) is 16.5 Å². The van der Waals surface area contributed by atoms with Gasteiger partial charge in [0.15, 0.2) is 0 Å². The Labute approximate surface area is 162 Å². The van der Waals surface area contributed by atoms with E-state index >= 15 is 0 Å². The monoisotopic (exact) mass is 373 g/mol. The quantitative estimate of drug-likeness (QED) is 0.547. The van der Waals surface area contributed by atoms with Crippen LogP contribution >= 0.6 is 0 Å². The van der Waals surface area contributed by atoms with Crippen molar-refractivity contribution in [1.82, 2.24) is 4.57 Å². The minimum atomic E-state index is -0.964. The molecule has 1 heterocycles. The number of anilines is 1. The molecule has 0 saturated carbocycles. The highest BCUT2D eigenvalue weighted by atomic mass is 16.4. The highest BCUT2D eigenvalue weighted by molar-refractivity contribution is 6.11. The first-order chi connectivity index (χ1) is 13.4. The number of carbonyl (C=O) groups is 2. The Morgan fingerprint density at radius 1 is 1.21 bits per heavy atom. The summed E-state index contributed by atoms with van der Waals surface area (Å²) in [5, 5.41) is 19.5. The van der Waals surface area contributed by atoms with Crippen molar-refractivity contribution in [2.24, 2.45) is 0 Å². The van der Waals surface area contributed by atoms with Gasteiger partial charge in [0.25, 0.3) is 5.91 Å². The molecule has 1 amide bonds. The SMILES string of the molecule is Cc1ccc2c(c1)c(/C=C(\C#N)C(=O)N(C)c1ccccc1)cn2CC(=O)O. The molecule has 28 heavy (non-hydrogen) atoms. The summed E-state index contributed by atoms with van der Waals surface area (Å²) < 4.78 is 1.60. The van der Waals surface area contributed by atoms with Gasteiger partial charge in [0.2, 0.25) is 0 Å². The van der Waals surface area contributed by atoms with E-state index in [1.165, 1.54) is 11.0 Å². The molecule has 0 aliphatic carbocycles. The maximum atomic E-state index is 12.8. The van der Waals surface area contributed by atoms with E-state index in [-0.39, 0.29) is 12.1 Å². The molecule has 0 spiro atoms. The molecule has 0 bridgehead atoms. The number of carbonyl (C=O) groups excluding carboxylic acids is 1. The fourth-order valence-electron chi connectivity index (χ4n) is 3.08. The number of carboxylic acids is 1. The number of aryl methyl sites for hydroxylation is 1. The number of hydrogen-bond donors (Lipinski definition) is 1. The third kappa shape index (κ3) is 3.79. The topological polar surface area (TPSA) is 86.3 Å². The molecule has 6 nitrogen and oxygen atoms in total. The van der Waals surface area contributed by atoms with E-state index in [0.29, 0.717) is 11.3 Å². The maximum Gasteiger partial charge on any atom is 0.323 e. The maximum absolute atomic E-state index is 12.8. The van der Waals surface area contributed by atoms with E-state index in [1.807, 2.05) is 49.4 Å². The highest BCUT2D eigenvalue weighted by Crippen LogP contribution is 2.26. The summed E-state index contributed by atoms with van der Waals surface area (Å²) in [6.45, 7) is 1.73. The summed E-state index contributed by atoms with van der Waals surface area (Å²) in [4.78, 5) is 25.4. The lowest BCUT2D eigenvalue weighted by Gasteiger charge is -2.16. The third-order valence-corrected chi connectivity index (χ3v) is 4.47. The van der Waals surface area contributed by atoms with Crippen LogP contribution in [0, 0.1) is 18.3 Å². The third-order valence-electron chi connectivity index (χ3n) is 4.47. The zero-order valence-electron chi connectivity index (χ0n) is 15.6. The predicted octanol–water partition coefficient (Wildman–Crippen LogP) is 3.60. The van der Waals surface area contributed by atoms with Gasteiger partial charge in [0.05, 0.1) is 0 Å². The van der Waals surface area contributed by atoms with E-state index in [1.54, 1.807) is 29.9 Å². The number of likely N-dealkylation sites (N-methyl/N-ethyl adjacent to an activating group) is 1. The predicted molar refractivity (Wildman–Crippen MR) is 108 cm³/mol. The van der Waals surface area contributed by atoms with Crippen molar-refractivity contribution in [2.75, 3.05) is 11.9 Å². The number of hydrogen-bond acceptors (Lipinski definition) is 3.